The molecule has 0 saturated carbocycles. The van der Waals surface area contributed by atoms with Crippen molar-refractivity contribution >= 4 is 34.9 Å². The molecule has 0 unspecified atom stereocenters. The number of nitro groups is 1. The van der Waals surface area contributed by atoms with Crippen LogP contribution in [0.2, 0.25) is 5.02 Å². The fourth-order valence-corrected chi connectivity index (χ4v) is 2.27. The lowest BCUT2D eigenvalue weighted by Gasteiger charge is -2.25. The number of carboxylic acid groups (broad SMARTS) is 1. The van der Waals surface area contributed by atoms with Crippen LogP contribution in [0.4, 0.5) is 11.4 Å². The van der Waals surface area contributed by atoms with E-state index in [2.05, 4.69) is 5.32 Å². The summed E-state index contributed by atoms with van der Waals surface area (Å²) < 4.78 is 0. The average molecular weight is 329 g/mol. The minimum atomic E-state index is -1.16. The third-order valence-electron chi connectivity index (χ3n) is 3.74. The number of aliphatic carboxylic acids is 1. The van der Waals surface area contributed by atoms with Crippen molar-refractivity contribution in [2.75, 3.05) is 5.32 Å². The SMILES string of the molecule is CCC(CC)(CC(=O)Nc1cc([N+](=O)[O-])ccc1Cl)C(=O)O. The zero-order chi connectivity index (χ0) is 16.9. The normalized spacial score (nSPS) is 11.0. The number of nitrogens with one attached hydrogen (secondary N) is 1. The fraction of sp³-hybridized carbons (Fsp3) is 0.429. The summed E-state index contributed by atoms with van der Waals surface area (Å²) in [6.45, 7) is 3.40. The van der Waals surface area contributed by atoms with Gasteiger partial charge in [0, 0.05) is 18.6 Å². The molecule has 0 heterocycles. The third kappa shape index (κ3) is 3.94. The van der Waals surface area contributed by atoms with Crippen LogP contribution in [0.3, 0.4) is 0 Å². The number of nitro benzene ring substituents is 1. The molecule has 0 aliphatic rings. The highest BCUT2D eigenvalue weighted by atomic mass is 35.5. The number of carboxylic acids is 1. The van der Waals surface area contributed by atoms with E-state index in [-0.39, 0.29) is 22.8 Å². The number of halogens is 1. The van der Waals surface area contributed by atoms with Gasteiger partial charge < -0.3 is 10.4 Å². The molecule has 0 spiro atoms. The number of hydrogen-bond donors (Lipinski definition) is 2. The summed E-state index contributed by atoms with van der Waals surface area (Å²) in [6.07, 6.45) is 0.373. The first-order valence-corrected chi connectivity index (χ1v) is 7.10. The first-order chi connectivity index (χ1) is 10.3. The van der Waals surface area contributed by atoms with Gasteiger partial charge in [0.1, 0.15) is 0 Å². The molecule has 0 saturated heterocycles. The van der Waals surface area contributed by atoms with Gasteiger partial charge in [-0.25, -0.2) is 0 Å². The first kappa shape index (κ1) is 17.9. The summed E-state index contributed by atoms with van der Waals surface area (Å²) in [6, 6.07) is 3.66. The highest BCUT2D eigenvalue weighted by Gasteiger charge is 2.37. The summed E-state index contributed by atoms with van der Waals surface area (Å²) in [5.74, 6) is -1.59. The number of amides is 1. The number of nitrogens with zero attached hydrogens (tertiary/aromatic N) is 1. The Morgan fingerprint density at radius 2 is 1.95 bits per heavy atom. The van der Waals surface area contributed by atoms with E-state index in [9.17, 15) is 24.8 Å². The van der Waals surface area contributed by atoms with E-state index < -0.39 is 22.2 Å². The summed E-state index contributed by atoms with van der Waals surface area (Å²) >= 11 is 5.89. The molecule has 1 amide bonds. The smallest absolute Gasteiger partial charge is 0.310 e. The Labute approximate surface area is 132 Å². The molecule has 8 heteroatoms. The van der Waals surface area contributed by atoms with E-state index in [1.807, 2.05) is 0 Å². The van der Waals surface area contributed by atoms with E-state index in [0.717, 1.165) is 6.07 Å². The molecule has 1 aromatic rings. The maximum absolute atomic E-state index is 12.1. The van der Waals surface area contributed by atoms with Crippen molar-refractivity contribution in [3.63, 3.8) is 0 Å². The number of carbonyl (C=O) groups is 2. The Bertz CT molecular complexity index is 599. The third-order valence-corrected chi connectivity index (χ3v) is 4.07. The van der Waals surface area contributed by atoms with Gasteiger partial charge in [-0.05, 0) is 18.9 Å². The predicted octanol–water partition coefficient (Wildman–Crippen LogP) is 3.47. The van der Waals surface area contributed by atoms with Crippen LogP contribution in [0.15, 0.2) is 18.2 Å². The highest BCUT2D eigenvalue weighted by Crippen LogP contribution is 2.32. The first-order valence-electron chi connectivity index (χ1n) is 6.73. The number of benzene rings is 1. The maximum Gasteiger partial charge on any atom is 0.310 e. The van der Waals surface area contributed by atoms with E-state index in [1.54, 1.807) is 13.8 Å². The molecule has 0 fully saturated rings. The summed E-state index contributed by atoms with van der Waals surface area (Å²) in [7, 11) is 0. The van der Waals surface area contributed by atoms with Crippen molar-refractivity contribution in [1.29, 1.82) is 0 Å². The zero-order valence-corrected chi connectivity index (χ0v) is 13.0. The maximum atomic E-state index is 12.1. The quantitative estimate of drug-likeness (QED) is 0.588. The number of rotatable bonds is 7. The zero-order valence-electron chi connectivity index (χ0n) is 12.3. The highest BCUT2D eigenvalue weighted by molar-refractivity contribution is 6.33. The molecule has 1 aromatic carbocycles. The largest absolute Gasteiger partial charge is 0.481 e. The lowest BCUT2D eigenvalue weighted by atomic mass is 9.79. The van der Waals surface area contributed by atoms with Crippen molar-refractivity contribution in [2.45, 2.75) is 33.1 Å². The van der Waals surface area contributed by atoms with E-state index in [0.29, 0.717) is 12.8 Å². The van der Waals surface area contributed by atoms with Gasteiger partial charge in [-0.1, -0.05) is 25.4 Å². The Kier molecular flexibility index (Phi) is 5.87. The van der Waals surface area contributed by atoms with Gasteiger partial charge in [0.2, 0.25) is 5.91 Å². The van der Waals surface area contributed by atoms with Crippen LogP contribution < -0.4 is 5.32 Å². The van der Waals surface area contributed by atoms with Crippen molar-refractivity contribution in [3.8, 4) is 0 Å². The van der Waals surface area contributed by atoms with E-state index in [1.165, 1.54) is 12.1 Å². The summed E-state index contributed by atoms with van der Waals surface area (Å²) in [5, 5.41) is 22.6. The molecule has 0 aliphatic heterocycles. The van der Waals surface area contributed by atoms with Crippen molar-refractivity contribution in [3.05, 3.63) is 33.3 Å². The lowest BCUT2D eigenvalue weighted by Crippen LogP contribution is -2.34. The van der Waals surface area contributed by atoms with Gasteiger partial charge in [-0.3, -0.25) is 19.7 Å². The van der Waals surface area contributed by atoms with Crippen LogP contribution in [-0.4, -0.2) is 21.9 Å². The van der Waals surface area contributed by atoms with Crippen LogP contribution in [0.5, 0.6) is 0 Å². The van der Waals surface area contributed by atoms with Crippen LogP contribution >= 0.6 is 11.6 Å². The van der Waals surface area contributed by atoms with Gasteiger partial charge in [0.05, 0.1) is 21.0 Å². The van der Waals surface area contributed by atoms with Gasteiger partial charge in [0.15, 0.2) is 0 Å². The molecule has 2 N–H and O–H groups in total. The second-order valence-electron chi connectivity index (χ2n) is 4.94. The molecule has 0 bridgehead atoms. The van der Waals surface area contributed by atoms with Crippen LogP contribution in [0.1, 0.15) is 33.1 Å². The average Bonchev–Trinajstić information content (AvgIpc) is 2.46. The van der Waals surface area contributed by atoms with Crippen molar-refractivity contribution < 1.29 is 19.6 Å². The molecule has 0 atom stereocenters. The summed E-state index contributed by atoms with van der Waals surface area (Å²) in [4.78, 5) is 33.6. The Morgan fingerprint density at radius 3 is 2.41 bits per heavy atom. The van der Waals surface area contributed by atoms with Crippen LogP contribution in [0.25, 0.3) is 0 Å². The second-order valence-corrected chi connectivity index (χ2v) is 5.35. The van der Waals surface area contributed by atoms with Gasteiger partial charge in [-0.2, -0.15) is 0 Å². The number of hydrogen-bond acceptors (Lipinski definition) is 4. The van der Waals surface area contributed by atoms with Crippen molar-refractivity contribution in [1.82, 2.24) is 0 Å². The standard InChI is InChI=1S/C14H17ClN2O5/c1-3-14(4-2,13(19)20)8-12(18)16-11-7-9(17(21)22)5-6-10(11)15/h5-7H,3-4,8H2,1-2H3,(H,16,18)(H,19,20). The van der Waals surface area contributed by atoms with Crippen molar-refractivity contribution in [2.24, 2.45) is 5.41 Å². The number of non-ortho nitro benzene ring substituents is 1. The van der Waals surface area contributed by atoms with Crippen LogP contribution in [-0.2, 0) is 9.59 Å². The lowest BCUT2D eigenvalue weighted by molar-refractivity contribution is -0.384. The number of carbonyl (C=O) groups excluding carboxylic acids is 1. The molecular formula is C14H17ClN2O5. The van der Waals surface area contributed by atoms with Gasteiger partial charge in [-0.15, -0.1) is 0 Å². The molecule has 22 heavy (non-hydrogen) atoms. The predicted molar refractivity (Wildman–Crippen MR) is 82.0 cm³/mol. The molecular weight excluding hydrogens is 312 g/mol. The fourth-order valence-electron chi connectivity index (χ4n) is 2.10. The number of anilines is 1. The Balaban J connectivity index is 2.95. The molecule has 0 radical (unpaired) electrons. The van der Waals surface area contributed by atoms with E-state index in [4.69, 9.17) is 11.6 Å². The Hall–Kier alpha value is -2.15. The van der Waals surface area contributed by atoms with Gasteiger partial charge >= 0.3 is 5.97 Å². The van der Waals surface area contributed by atoms with E-state index >= 15 is 0 Å². The summed E-state index contributed by atoms with van der Waals surface area (Å²) in [5.41, 5.74) is -1.28. The minimum absolute atomic E-state index is 0.0901. The monoisotopic (exact) mass is 328 g/mol. The second kappa shape index (κ2) is 7.22. The molecule has 0 aliphatic carbocycles. The van der Waals surface area contributed by atoms with Crippen LogP contribution in [0, 0.1) is 15.5 Å². The molecule has 0 aromatic heterocycles. The minimum Gasteiger partial charge on any atom is -0.481 e. The van der Waals surface area contributed by atoms with Gasteiger partial charge in [0.25, 0.3) is 5.69 Å². The Morgan fingerprint density at radius 1 is 1.36 bits per heavy atom. The molecule has 120 valence electrons. The molecule has 7 nitrogen and oxygen atoms in total. The molecule has 1 rings (SSSR count). The topological polar surface area (TPSA) is 110 Å².